The minimum absolute atomic E-state index is 0.0474. The standard InChI is InChI=1S/C14H14N6O3/c21-14(17-4-1-8-19-9-7-16-10-19)12-13(20(22)23-18-12)11-2-5-15-6-3-11/h2-3,5-7,9-10H,1,4,8H2,(H,17,21). The van der Waals surface area contributed by atoms with Gasteiger partial charge in [-0.05, 0) is 23.5 Å². The van der Waals surface area contributed by atoms with Gasteiger partial charge in [-0.1, -0.05) is 0 Å². The van der Waals surface area contributed by atoms with Crippen LogP contribution in [0.3, 0.4) is 0 Å². The Labute approximate surface area is 131 Å². The lowest BCUT2D eigenvalue weighted by Crippen LogP contribution is -2.29. The van der Waals surface area contributed by atoms with Gasteiger partial charge < -0.3 is 15.1 Å². The summed E-state index contributed by atoms with van der Waals surface area (Å²) in [5.74, 6) is -0.458. The number of hydrogen-bond acceptors (Lipinski definition) is 6. The minimum Gasteiger partial charge on any atom is -0.359 e. The second-order valence-electron chi connectivity index (χ2n) is 4.77. The van der Waals surface area contributed by atoms with Crippen molar-refractivity contribution in [1.29, 1.82) is 0 Å². The second kappa shape index (κ2) is 6.69. The average molecular weight is 314 g/mol. The fraction of sp³-hybridized carbons (Fsp3) is 0.214. The summed E-state index contributed by atoms with van der Waals surface area (Å²) in [6.45, 7) is 1.18. The van der Waals surface area contributed by atoms with E-state index < -0.39 is 5.91 Å². The Kier molecular flexibility index (Phi) is 4.27. The normalized spacial score (nSPS) is 10.6. The zero-order chi connectivity index (χ0) is 16.1. The predicted octanol–water partition coefficient (Wildman–Crippen LogP) is 0.387. The fourth-order valence-electron chi connectivity index (χ4n) is 2.12. The van der Waals surface area contributed by atoms with Gasteiger partial charge in [0.2, 0.25) is 5.69 Å². The third-order valence-corrected chi connectivity index (χ3v) is 3.22. The van der Waals surface area contributed by atoms with Gasteiger partial charge in [0.05, 0.1) is 11.5 Å². The molecule has 3 heterocycles. The average Bonchev–Trinajstić information content (AvgIpc) is 3.21. The molecule has 118 valence electrons. The number of rotatable bonds is 6. The van der Waals surface area contributed by atoms with Crippen molar-refractivity contribution in [3.8, 4) is 11.3 Å². The molecular formula is C14H14N6O3. The summed E-state index contributed by atoms with van der Waals surface area (Å²) in [6, 6.07) is 3.22. The highest BCUT2D eigenvalue weighted by Gasteiger charge is 2.27. The number of carbonyl (C=O) groups is 1. The Morgan fingerprint density at radius 2 is 2.13 bits per heavy atom. The van der Waals surface area contributed by atoms with E-state index in [1.807, 2.05) is 10.8 Å². The monoisotopic (exact) mass is 314 g/mol. The van der Waals surface area contributed by atoms with Gasteiger partial charge in [0.1, 0.15) is 0 Å². The maximum absolute atomic E-state index is 12.2. The van der Waals surface area contributed by atoms with Gasteiger partial charge in [-0.3, -0.25) is 14.4 Å². The number of carbonyl (C=O) groups excluding carboxylic acids is 1. The number of hydrogen-bond donors (Lipinski definition) is 1. The molecule has 0 saturated carbocycles. The molecule has 23 heavy (non-hydrogen) atoms. The molecule has 0 saturated heterocycles. The van der Waals surface area contributed by atoms with Gasteiger partial charge in [0.25, 0.3) is 0 Å². The maximum Gasteiger partial charge on any atom is 0.313 e. The summed E-state index contributed by atoms with van der Waals surface area (Å²) in [5, 5.41) is 18.0. The van der Waals surface area contributed by atoms with Gasteiger partial charge in [-0.15, -0.1) is 0 Å². The molecule has 0 radical (unpaired) electrons. The Morgan fingerprint density at radius 3 is 2.87 bits per heavy atom. The van der Waals surface area contributed by atoms with Crippen LogP contribution in [0.25, 0.3) is 11.3 Å². The quantitative estimate of drug-likeness (QED) is 0.520. The Bertz CT molecular complexity index is 769. The lowest BCUT2D eigenvalue weighted by Gasteiger charge is -2.03. The largest absolute Gasteiger partial charge is 0.359 e. The number of aryl methyl sites for hydroxylation is 1. The van der Waals surface area contributed by atoms with E-state index in [2.05, 4.69) is 25.1 Å². The van der Waals surface area contributed by atoms with Gasteiger partial charge in [-0.2, -0.15) is 0 Å². The third kappa shape index (κ3) is 3.34. The van der Waals surface area contributed by atoms with E-state index in [9.17, 15) is 10.0 Å². The minimum atomic E-state index is -0.458. The molecule has 1 amide bonds. The molecule has 0 aliphatic rings. The molecule has 0 atom stereocenters. The van der Waals surface area contributed by atoms with Gasteiger partial charge >= 0.3 is 11.6 Å². The first kappa shape index (κ1) is 14.7. The summed E-state index contributed by atoms with van der Waals surface area (Å²) in [5.41, 5.74) is 0.535. The van der Waals surface area contributed by atoms with Crippen molar-refractivity contribution in [2.45, 2.75) is 13.0 Å². The molecule has 0 unspecified atom stereocenters. The van der Waals surface area contributed by atoms with Crippen molar-refractivity contribution in [1.82, 2.24) is 25.0 Å². The molecule has 9 heteroatoms. The van der Waals surface area contributed by atoms with E-state index in [0.717, 1.165) is 13.0 Å². The summed E-state index contributed by atoms with van der Waals surface area (Å²) in [7, 11) is 0. The first-order chi connectivity index (χ1) is 11.3. The molecule has 0 bridgehead atoms. The number of aromatic nitrogens is 5. The van der Waals surface area contributed by atoms with E-state index >= 15 is 0 Å². The topological polar surface area (TPSA) is 113 Å². The lowest BCUT2D eigenvalue weighted by molar-refractivity contribution is -0.793. The number of pyridine rings is 1. The summed E-state index contributed by atoms with van der Waals surface area (Å²) in [6.07, 6.45) is 9.02. The van der Waals surface area contributed by atoms with Crippen molar-refractivity contribution < 1.29 is 14.3 Å². The zero-order valence-electron chi connectivity index (χ0n) is 12.1. The molecule has 3 rings (SSSR count). The Balaban J connectivity index is 1.64. The van der Waals surface area contributed by atoms with Crippen LogP contribution in [0.4, 0.5) is 0 Å². The van der Waals surface area contributed by atoms with Gasteiger partial charge in [0.15, 0.2) is 0 Å². The first-order valence-electron chi connectivity index (χ1n) is 7.00. The van der Waals surface area contributed by atoms with Crippen molar-refractivity contribution >= 4 is 5.91 Å². The van der Waals surface area contributed by atoms with Gasteiger partial charge in [0, 0.05) is 43.4 Å². The smallest absolute Gasteiger partial charge is 0.313 e. The second-order valence-corrected chi connectivity index (χ2v) is 4.77. The fourth-order valence-corrected chi connectivity index (χ4v) is 2.12. The highest BCUT2D eigenvalue weighted by molar-refractivity contribution is 5.97. The van der Waals surface area contributed by atoms with Gasteiger partial charge in [-0.25, -0.2) is 4.98 Å². The summed E-state index contributed by atoms with van der Waals surface area (Å²) in [4.78, 5) is 20.2. The van der Waals surface area contributed by atoms with Crippen LogP contribution in [0, 0.1) is 5.21 Å². The zero-order valence-corrected chi connectivity index (χ0v) is 12.1. The molecule has 3 aromatic rings. The number of nitrogens with zero attached hydrogens (tertiary/aromatic N) is 5. The van der Waals surface area contributed by atoms with Crippen LogP contribution in [0.5, 0.6) is 0 Å². The van der Waals surface area contributed by atoms with Crippen molar-refractivity contribution in [3.63, 3.8) is 0 Å². The van der Waals surface area contributed by atoms with Crippen LogP contribution in [0.1, 0.15) is 16.9 Å². The Hall–Kier alpha value is -3.23. The van der Waals surface area contributed by atoms with E-state index in [1.54, 1.807) is 24.7 Å². The molecule has 0 aromatic carbocycles. The van der Waals surface area contributed by atoms with Crippen LogP contribution in [0.2, 0.25) is 0 Å². The van der Waals surface area contributed by atoms with Crippen LogP contribution in [-0.4, -0.2) is 32.1 Å². The number of amides is 1. The third-order valence-electron chi connectivity index (χ3n) is 3.22. The molecule has 3 aromatic heterocycles. The van der Waals surface area contributed by atoms with Crippen LogP contribution < -0.4 is 10.2 Å². The molecule has 0 aliphatic carbocycles. The van der Waals surface area contributed by atoms with Crippen LogP contribution in [-0.2, 0) is 6.54 Å². The van der Waals surface area contributed by atoms with Crippen LogP contribution in [0.15, 0.2) is 47.9 Å². The highest BCUT2D eigenvalue weighted by Crippen LogP contribution is 2.17. The van der Waals surface area contributed by atoms with E-state index in [0.29, 0.717) is 12.1 Å². The van der Waals surface area contributed by atoms with E-state index in [1.165, 1.54) is 12.4 Å². The van der Waals surface area contributed by atoms with Crippen molar-refractivity contribution in [2.24, 2.45) is 0 Å². The molecule has 1 N–H and O–H groups in total. The van der Waals surface area contributed by atoms with E-state index in [4.69, 9.17) is 0 Å². The summed E-state index contributed by atoms with van der Waals surface area (Å²) >= 11 is 0. The van der Waals surface area contributed by atoms with E-state index in [-0.39, 0.29) is 16.3 Å². The molecule has 0 spiro atoms. The van der Waals surface area contributed by atoms with Crippen molar-refractivity contribution in [3.05, 3.63) is 54.1 Å². The summed E-state index contributed by atoms with van der Waals surface area (Å²) < 4.78 is 6.47. The SMILES string of the molecule is O=C(NCCCn1ccnc1)c1no[n+]([O-])c1-c1ccncc1. The van der Waals surface area contributed by atoms with Crippen molar-refractivity contribution in [2.75, 3.05) is 6.54 Å². The van der Waals surface area contributed by atoms with Crippen LogP contribution >= 0.6 is 0 Å². The first-order valence-corrected chi connectivity index (χ1v) is 7.00. The molecule has 9 nitrogen and oxygen atoms in total. The number of nitrogens with one attached hydrogen (secondary N) is 1. The maximum atomic E-state index is 12.2. The highest BCUT2D eigenvalue weighted by atomic mass is 16.8. The molecule has 0 fully saturated rings. The predicted molar refractivity (Wildman–Crippen MR) is 77.9 cm³/mol. The Morgan fingerprint density at radius 1 is 1.30 bits per heavy atom. The molecule has 0 aliphatic heterocycles. The number of imidazole rings is 1. The molecular weight excluding hydrogens is 300 g/mol. The lowest BCUT2D eigenvalue weighted by atomic mass is 10.1.